The first-order valence-electron chi connectivity index (χ1n) is 6.53. The van der Waals surface area contributed by atoms with Crippen molar-refractivity contribution in [3.8, 4) is 0 Å². The molecule has 1 heterocycles. The van der Waals surface area contributed by atoms with Gasteiger partial charge in [-0.05, 0) is 37.3 Å². The molecule has 0 radical (unpaired) electrons. The summed E-state index contributed by atoms with van der Waals surface area (Å²) in [5, 5.41) is 5.11. The zero-order chi connectivity index (χ0) is 16.1. The first-order chi connectivity index (χ1) is 10.5. The summed E-state index contributed by atoms with van der Waals surface area (Å²) in [5.74, 6) is -0.854. The van der Waals surface area contributed by atoms with E-state index in [-0.39, 0.29) is 23.0 Å². The van der Waals surface area contributed by atoms with Crippen LogP contribution in [0.2, 0.25) is 5.02 Å². The Hall–Kier alpha value is -2.34. The maximum absolute atomic E-state index is 12.9. The number of hydrogen-bond donors (Lipinski definition) is 2. The maximum atomic E-state index is 12.9. The van der Waals surface area contributed by atoms with Gasteiger partial charge in [0.05, 0.1) is 23.4 Å². The molecule has 2 aromatic rings. The molecule has 1 aromatic heterocycles. The molecule has 2 rings (SSSR count). The number of furan rings is 1. The van der Waals surface area contributed by atoms with Gasteiger partial charge in [0.2, 0.25) is 5.91 Å². The molecule has 0 aliphatic rings. The second-order valence-electron chi connectivity index (χ2n) is 4.62. The van der Waals surface area contributed by atoms with Crippen molar-refractivity contribution in [3.05, 3.63) is 58.8 Å². The molecule has 0 bridgehead atoms. The van der Waals surface area contributed by atoms with Gasteiger partial charge in [0, 0.05) is 0 Å². The van der Waals surface area contributed by atoms with E-state index in [4.69, 9.17) is 16.0 Å². The van der Waals surface area contributed by atoms with Gasteiger partial charge in [-0.3, -0.25) is 9.59 Å². The van der Waals surface area contributed by atoms with Gasteiger partial charge >= 0.3 is 0 Å². The molecule has 0 aliphatic carbocycles. The molecule has 1 atom stereocenters. The van der Waals surface area contributed by atoms with Crippen LogP contribution in [0, 0.1) is 5.82 Å². The van der Waals surface area contributed by atoms with Crippen LogP contribution in [-0.2, 0) is 11.3 Å². The Bertz CT molecular complexity index is 673. The molecular formula is C15H14ClFN2O3. The number of hydrogen-bond acceptors (Lipinski definition) is 3. The lowest BCUT2D eigenvalue weighted by Gasteiger charge is -2.14. The fourth-order valence-electron chi connectivity index (χ4n) is 1.75. The van der Waals surface area contributed by atoms with E-state index in [1.807, 2.05) is 0 Å². The van der Waals surface area contributed by atoms with Gasteiger partial charge < -0.3 is 15.1 Å². The minimum absolute atomic E-state index is 0.0132. The summed E-state index contributed by atoms with van der Waals surface area (Å²) in [5.41, 5.74) is 0.105. The molecule has 0 spiro atoms. The van der Waals surface area contributed by atoms with Crippen LogP contribution in [0.15, 0.2) is 41.0 Å². The van der Waals surface area contributed by atoms with Crippen LogP contribution in [0.4, 0.5) is 4.39 Å². The molecule has 1 unspecified atom stereocenters. The Morgan fingerprint density at radius 1 is 1.36 bits per heavy atom. The van der Waals surface area contributed by atoms with E-state index in [0.29, 0.717) is 5.76 Å². The lowest BCUT2D eigenvalue weighted by Crippen LogP contribution is -2.44. The van der Waals surface area contributed by atoms with Crippen molar-refractivity contribution < 1.29 is 18.4 Å². The van der Waals surface area contributed by atoms with Crippen LogP contribution < -0.4 is 10.6 Å². The average Bonchev–Trinajstić information content (AvgIpc) is 2.97. The Morgan fingerprint density at radius 2 is 2.14 bits per heavy atom. The predicted molar refractivity (Wildman–Crippen MR) is 78.9 cm³/mol. The molecule has 116 valence electrons. The highest BCUT2D eigenvalue weighted by molar-refractivity contribution is 6.33. The first kappa shape index (κ1) is 16.0. The summed E-state index contributed by atoms with van der Waals surface area (Å²) < 4.78 is 18.0. The van der Waals surface area contributed by atoms with Crippen molar-refractivity contribution in [1.29, 1.82) is 0 Å². The van der Waals surface area contributed by atoms with Gasteiger partial charge in [-0.1, -0.05) is 11.6 Å². The third-order valence-corrected chi connectivity index (χ3v) is 3.25. The normalized spacial score (nSPS) is 11.8. The van der Waals surface area contributed by atoms with Crippen LogP contribution in [0.3, 0.4) is 0 Å². The number of rotatable bonds is 5. The maximum Gasteiger partial charge on any atom is 0.253 e. The van der Waals surface area contributed by atoms with Gasteiger partial charge in [0.25, 0.3) is 5.91 Å². The summed E-state index contributed by atoms with van der Waals surface area (Å²) in [4.78, 5) is 23.9. The quantitative estimate of drug-likeness (QED) is 0.887. The molecule has 0 saturated carbocycles. The fourth-order valence-corrected chi connectivity index (χ4v) is 2.01. The molecule has 2 N–H and O–H groups in total. The third kappa shape index (κ3) is 4.08. The van der Waals surface area contributed by atoms with Crippen molar-refractivity contribution >= 4 is 23.4 Å². The molecule has 0 aliphatic heterocycles. The van der Waals surface area contributed by atoms with Gasteiger partial charge in [0.1, 0.15) is 17.6 Å². The van der Waals surface area contributed by atoms with Gasteiger partial charge in [-0.15, -0.1) is 0 Å². The van der Waals surface area contributed by atoms with Crippen molar-refractivity contribution in [2.45, 2.75) is 19.5 Å². The smallest absolute Gasteiger partial charge is 0.253 e. The van der Waals surface area contributed by atoms with Crippen LogP contribution in [-0.4, -0.2) is 17.9 Å². The highest BCUT2D eigenvalue weighted by atomic mass is 35.5. The van der Waals surface area contributed by atoms with E-state index in [0.717, 1.165) is 12.1 Å². The molecule has 0 fully saturated rings. The standard InChI is InChI=1S/C15H14ClFN2O3/c1-9(14(20)18-8-11-3-2-6-22-11)19-15(21)12-5-4-10(17)7-13(12)16/h2-7,9H,8H2,1H3,(H,18,20)(H,19,21). The Balaban J connectivity index is 1.91. The Morgan fingerprint density at radius 3 is 2.77 bits per heavy atom. The molecule has 1 aromatic carbocycles. The van der Waals surface area contributed by atoms with E-state index in [1.165, 1.54) is 19.3 Å². The Kier molecular flexibility index (Phi) is 5.16. The minimum atomic E-state index is -0.774. The van der Waals surface area contributed by atoms with E-state index in [1.54, 1.807) is 12.1 Å². The lowest BCUT2D eigenvalue weighted by atomic mass is 10.2. The molecule has 0 saturated heterocycles. The Labute approximate surface area is 131 Å². The molecular weight excluding hydrogens is 311 g/mol. The van der Waals surface area contributed by atoms with Gasteiger partial charge in [0.15, 0.2) is 0 Å². The van der Waals surface area contributed by atoms with Gasteiger partial charge in [-0.25, -0.2) is 4.39 Å². The van der Waals surface area contributed by atoms with E-state index in [2.05, 4.69) is 10.6 Å². The van der Waals surface area contributed by atoms with E-state index >= 15 is 0 Å². The van der Waals surface area contributed by atoms with Crippen molar-refractivity contribution in [2.24, 2.45) is 0 Å². The largest absolute Gasteiger partial charge is 0.467 e. The highest BCUT2D eigenvalue weighted by Crippen LogP contribution is 2.17. The van der Waals surface area contributed by atoms with E-state index in [9.17, 15) is 14.0 Å². The van der Waals surface area contributed by atoms with Crippen molar-refractivity contribution in [1.82, 2.24) is 10.6 Å². The zero-order valence-electron chi connectivity index (χ0n) is 11.7. The number of nitrogens with one attached hydrogen (secondary N) is 2. The van der Waals surface area contributed by atoms with Crippen molar-refractivity contribution in [2.75, 3.05) is 0 Å². The third-order valence-electron chi connectivity index (χ3n) is 2.93. The van der Waals surface area contributed by atoms with Crippen LogP contribution in [0.25, 0.3) is 0 Å². The SMILES string of the molecule is CC(NC(=O)c1ccc(F)cc1Cl)C(=O)NCc1ccco1. The average molecular weight is 325 g/mol. The number of amides is 2. The summed E-state index contributed by atoms with van der Waals surface area (Å²) in [6.45, 7) is 1.76. The minimum Gasteiger partial charge on any atom is -0.467 e. The van der Waals surface area contributed by atoms with Crippen LogP contribution in [0.5, 0.6) is 0 Å². The topological polar surface area (TPSA) is 71.3 Å². The summed E-state index contributed by atoms with van der Waals surface area (Å²) in [6.07, 6.45) is 1.50. The zero-order valence-corrected chi connectivity index (χ0v) is 12.5. The molecule has 5 nitrogen and oxygen atoms in total. The second-order valence-corrected chi connectivity index (χ2v) is 5.02. The number of carbonyl (C=O) groups is 2. The highest BCUT2D eigenvalue weighted by Gasteiger charge is 2.18. The first-order valence-corrected chi connectivity index (χ1v) is 6.91. The monoisotopic (exact) mass is 324 g/mol. The summed E-state index contributed by atoms with van der Waals surface area (Å²) in [6, 6.07) is 6.09. The molecule has 2 amide bonds. The summed E-state index contributed by atoms with van der Waals surface area (Å²) >= 11 is 5.80. The number of benzene rings is 1. The predicted octanol–water partition coefficient (Wildman–Crippen LogP) is 2.51. The fraction of sp³-hybridized carbons (Fsp3) is 0.200. The van der Waals surface area contributed by atoms with Gasteiger partial charge in [-0.2, -0.15) is 0 Å². The second kappa shape index (κ2) is 7.09. The van der Waals surface area contributed by atoms with Crippen LogP contribution >= 0.6 is 11.6 Å². The molecule has 22 heavy (non-hydrogen) atoms. The summed E-state index contributed by atoms with van der Waals surface area (Å²) in [7, 11) is 0. The van der Waals surface area contributed by atoms with Crippen molar-refractivity contribution in [3.63, 3.8) is 0 Å². The van der Waals surface area contributed by atoms with E-state index < -0.39 is 17.8 Å². The van der Waals surface area contributed by atoms with Crippen LogP contribution in [0.1, 0.15) is 23.0 Å². The number of carbonyl (C=O) groups excluding carboxylic acids is 2. The lowest BCUT2D eigenvalue weighted by molar-refractivity contribution is -0.122. The molecule has 7 heteroatoms. The number of halogens is 2.